The maximum absolute atomic E-state index is 11.2. The van der Waals surface area contributed by atoms with Gasteiger partial charge >= 0.3 is 0 Å². The molecule has 0 aliphatic heterocycles. The molecule has 0 N–H and O–H groups in total. The Kier molecular flexibility index (Phi) is 4.84. The highest BCUT2D eigenvalue weighted by atomic mass is 35.5. The molecule has 1 aromatic heterocycles. The zero-order valence-corrected chi connectivity index (χ0v) is 12.9. The first-order chi connectivity index (χ1) is 9.52. The van der Waals surface area contributed by atoms with E-state index in [1.165, 1.54) is 0 Å². The minimum absolute atomic E-state index is 0.423. The van der Waals surface area contributed by atoms with Gasteiger partial charge in [-0.05, 0) is 18.4 Å². The molecule has 2 rings (SSSR count). The number of hydrogen-bond acceptors (Lipinski definition) is 2. The van der Waals surface area contributed by atoms with E-state index in [0.717, 1.165) is 19.3 Å². The summed E-state index contributed by atoms with van der Waals surface area (Å²) in [6.07, 6.45) is 3.55. The first kappa shape index (κ1) is 15.1. The summed E-state index contributed by atoms with van der Waals surface area (Å²) in [6.45, 7) is 5.08. The first-order valence-electron chi connectivity index (χ1n) is 6.50. The van der Waals surface area contributed by atoms with Gasteiger partial charge in [0.25, 0.3) is 0 Å². The number of halogens is 2. The van der Waals surface area contributed by atoms with Gasteiger partial charge in [0.05, 0.1) is 15.6 Å². The molecule has 0 radical (unpaired) electrons. The van der Waals surface area contributed by atoms with Gasteiger partial charge in [0.15, 0.2) is 6.29 Å². The summed E-state index contributed by atoms with van der Waals surface area (Å²) in [5.41, 5.74) is 1.79. The van der Waals surface area contributed by atoms with Crippen molar-refractivity contribution in [3.05, 3.63) is 40.0 Å². The van der Waals surface area contributed by atoms with E-state index in [0.29, 0.717) is 32.8 Å². The van der Waals surface area contributed by atoms with Crippen LogP contribution in [0.15, 0.2) is 24.4 Å². The Bertz CT molecular complexity index is 620. The predicted octanol–water partition coefficient (Wildman–Crippen LogP) is 4.72. The highest BCUT2D eigenvalue weighted by Gasteiger charge is 2.15. The lowest BCUT2D eigenvalue weighted by atomic mass is 10.1. The van der Waals surface area contributed by atoms with Gasteiger partial charge < -0.3 is 0 Å². The highest BCUT2D eigenvalue weighted by molar-refractivity contribution is 6.43. The molecule has 0 atom stereocenters. The van der Waals surface area contributed by atoms with E-state index >= 15 is 0 Å². The van der Waals surface area contributed by atoms with Crippen molar-refractivity contribution in [2.24, 2.45) is 5.92 Å². The van der Waals surface area contributed by atoms with Crippen molar-refractivity contribution in [2.75, 3.05) is 0 Å². The van der Waals surface area contributed by atoms with E-state index in [4.69, 9.17) is 23.2 Å². The van der Waals surface area contributed by atoms with E-state index < -0.39 is 0 Å². The molecular weight excluding hydrogens is 295 g/mol. The third-order valence-electron chi connectivity index (χ3n) is 3.06. The number of aromatic nitrogens is 2. The summed E-state index contributed by atoms with van der Waals surface area (Å²) in [7, 11) is 0. The molecule has 1 aromatic carbocycles. The van der Waals surface area contributed by atoms with E-state index in [1.807, 2.05) is 6.07 Å². The van der Waals surface area contributed by atoms with Crippen LogP contribution in [0, 0.1) is 5.92 Å². The number of carbonyl (C=O) groups excluding carboxylic acids is 1. The van der Waals surface area contributed by atoms with Crippen LogP contribution in [0.3, 0.4) is 0 Å². The maximum Gasteiger partial charge on any atom is 0.153 e. The average Bonchev–Trinajstić information content (AvgIpc) is 2.82. The molecule has 0 saturated carbocycles. The minimum Gasteiger partial charge on any atom is -0.298 e. The Balaban J connectivity index is 2.40. The minimum atomic E-state index is 0.423. The normalized spacial score (nSPS) is 11.1. The summed E-state index contributed by atoms with van der Waals surface area (Å²) in [5.74, 6) is 0.581. The van der Waals surface area contributed by atoms with E-state index in [1.54, 1.807) is 23.0 Å². The second-order valence-electron chi connectivity index (χ2n) is 5.10. The molecule has 0 aliphatic carbocycles. The number of aldehydes is 1. The fourth-order valence-electron chi connectivity index (χ4n) is 1.92. The van der Waals surface area contributed by atoms with Crippen LogP contribution in [0.25, 0.3) is 11.3 Å². The quantitative estimate of drug-likeness (QED) is 0.749. The molecule has 20 heavy (non-hydrogen) atoms. The van der Waals surface area contributed by atoms with Gasteiger partial charge in [0, 0.05) is 18.3 Å². The maximum atomic E-state index is 11.2. The second-order valence-corrected chi connectivity index (χ2v) is 5.88. The molecular formula is C15H16Cl2N2O. The smallest absolute Gasteiger partial charge is 0.153 e. The van der Waals surface area contributed by atoms with Crippen LogP contribution in [0.5, 0.6) is 0 Å². The molecule has 2 aromatic rings. The fourth-order valence-corrected chi connectivity index (χ4v) is 2.31. The summed E-state index contributed by atoms with van der Waals surface area (Å²) < 4.78 is 1.79. The van der Waals surface area contributed by atoms with Crippen LogP contribution in [0.2, 0.25) is 10.0 Å². The van der Waals surface area contributed by atoms with E-state index in [2.05, 4.69) is 18.9 Å². The second kappa shape index (κ2) is 6.42. The van der Waals surface area contributed by atoms with Crippen LogP contribution >= 0.6 is 23.2 Å². The number of carbonyl (C=O) groups is 1. The zero-order valence-electron chi connectivity index (χ0n) is 11.4. The van der Waals surface area contributed by atoms with Crippen molar-refractivity contribution in [1.29, 1.82) is 0 Å². The Morgan fingerprint density at radius 2 is 2.10 bits per heavy atom. The fraction of sp³-hybridized carbons (Fsp3) is 0.333. The van der Waals surface area contributed by atoms with Crippen LogP contribution in [0.4, 0.5) is 0 Å². The molecule has 0 amide bonds. The molecule has 0 spiro atoms. The van der Waals surface area contributed by atoms with Gasteiger partial charge in [-0.2, -0.15) is 5.10 Å². The molecule has 1 heterocycles. The lowest BCUT2D eigenvalue weighted by Crippen LogP contribution is -2.02. The van der Waals surface area contributed by atoms with Crippen molar-refractivity contribution in [3.63, 3.8) is 0 Å². The molecule has 0 saturated heterocycles. The van der Waals surface area contributed by atoms with Crippen molar-refractivity contribution in [2.45, 2.75) is 26.8 Å². The summed E-state index contributed by atoms with van der Waals surface area (Å²) in [4.78, 5) is 11.2. The van der Waals surface area contributed by atoms with Gasteiger partial charge in [0.1, 0.15) is 5.69 Å². The van der Waals surface area contributed by atoms with E-state index in [9.17, 15) is 4.79 Å². The van der Waals surface area contributed by atoms with Crippen molar-refractivity contribution < 1.29 is 4.79 Å². The number of hydrogen-bond donors (Lipinski definition) is 0. The number of aryl methyl sites for hydroxylation is 1. The van der Waals surface area contributed by atoms with Crippen molar-refractivity contribution in [3.8, 4) is 11.3 Å². The van der Waals surface area contributed by atoms with E-state index in [-0.39, 0.29) is 0 Å². The lowest BCUT2D eigenvalue weighted by molar-refractivity contribution is 0.112. The molecule has 0 aliphatic rings. The predicted molar refractivity (Wildman–Crippen MR) is 82.5 cm³/mol. The topological polar surface area (TPSA) is 34.9 Å². The average molecular weight is 311 g/mol. The largest absolute Gasteiger partial charge is 0.298 e. The summed E-state index contributed by atoms with van der Waals surface area (Å²) >= 11 is 12.2. The SMILES string of the molecule is CC(C)CCn1cc(C=O)c(-c2cccc(Cl)c2Cl)n1. The Morgan fingerprint density at radius 1 is 1.35 bits per heavy atom. The third-order valence-corrected chi connectivity index (χ3v) is 3.88. The van der Waals surface area contributed by atoms with Crippen molar-refractivity contribution >= 4 is 29.5 Å². The van der Waals surface area contributed by atoms with Crippen LogP contribution in [-0.4, -0.2) is 16.1 Å². The molecule has 3 nitrogen and oxygen atoms in total. The number of rotatable bonds is 5. The number of nitrogens with zero attached hydrogens (tertiary/aromatic N) is 2. The van der Waals surface area contributed by atoms with Gasteiger partial charge in [-0.3, -0.25) is 9.48 Å². The lowest BCUT2D eigenvalue weighted by Gasteiger charge is -2.05. The van der Waals surface area contributed by atoms with Gasteiger partial charge in [-0.25, -0.2) is 0 Å². The molecule has 0 fully saturated rings. The Morgan fingerprint density at radius 3 is 2.75 bits per heavy atom. The first-order valence-corrected chi connectivity index (χ1v) is 7.25. The number of benzene rings is 1. The summed E-state index contributed by atoms with van der Waals surface area (Å²) in [6, 6.07) is 5.32. The third kappa shape index (κ3) is 3.22. The molecule has 106 valence electrons. The van der Waals surface area contributed by atoms with Crippen LogP contribution in [-0.2, 0) is 6.54 Å². The summed E-state index contributed by atoms with van der Waals surface area (Å²) in [5, 5.41) is 5.35. The zero-order chi connectivity index (χ0) is 14.7. The molecule has 0 bridgehead atoms. The van der Waals surface area contributed by atoms with Gasteiger partial charge in [-0.15, -0.1) is 0 Å². The highest BCUT2D eigenvalue weighted by Crippen LogP contribution is 2.33. The van der Waals surface area contributed by atoms with Crippen molar-refractivity contribution in [1.82, 2.24) is 9.78 Å². The van der Waals surface area contributed by atoms with Gasteiger partial charge in [0.2, 0.25) is 0 Å². The van der Waals surface area contributed by atoms with Gasteiger partial charge in [-0.1, -0.05) is 49.2 Å². The Labute approximate surface area is 128 Å². The Hall–Kier alpha value is -1.32. The molecule has 5 heteroatoms. The standard InChI is InChI=1S/C15H16Cl2N2O/c1-10(2)6-7-19-8-11(9-20)15(18-19)12-4-3-5-13(16)14(12)17/h3-5,8-10H,6-7H2,1-2H3. The van der Waals surface area contributed by atoms with Crippen LogP contribution in [0.1, 0.15) is 30.6 Å². The molecule has 0 unspecified atom stereocenters. The monoisotopic (exact) mass is 310 g/mol. The van der Waals surface area contributed by atoms with Crippen LogP contribution < -0.4 is 0 Å².